The molecule has 0 unspecified atom stereocenters. The van der Waals surface area contributed by atoms with Gasteiger partial charge in [0.25, 0.3) is 5.91 Å². The van der Waals surface area contributed by atoms with Crippen LogP contribution >= 0.6 is 0 Å². The Bertz CT molecular complexity index is 1340. The van der Waals surface area contributed by atoms with Crippen LogP contribution in [0.15, 0.2) is 53.1 Å². The summed E-state index contributed by atoms with van der Waals surface area (Å²) in [5.74, 6) is 0.918. The molecule has 0 saturated carbocycles. The Hall–Kier alpha value is -4.01. The van der Waals surface area contributed by atoms with Crippen LogP contribution in [0.5, 0.6) is 0 Å². The lowest BCUT2D eigenvalue weighted by Crippen LogP contribution is -2.43. The Morgan fingerprint density at radius 3 is 2.65 bits per heavy atom. The van der Waals surface area contributed by atoms with Gasteiger partial charge in [0.05, 0.1) is 17.8 Å². The van der Waals surface area contributed by atoms with Crippen molar-refractivity contribution in [3.05, 3.63) is 65.7 Å². The molecule has 4 aromatic rings. The number of piperidine rings is 1. The molecule has 0 bridgehead atoms. The Kier molecular flexibility index (Phi) is 5.83. The molecule has 0 radical (unpaired) electrons. The van der Waals surface area contributed by atoms with Crippen LogP contribution in [-0.2, 0) is 11.8 Å². The van der Waals surface area contributed by atoms with Gasteiger partial charge in [-0.15, -0.1) is 0 Å². The first-order valence-electron chi connectivity index (χ1n) is 11.4. The maximum absolute atomic E-state index is 12.6. The van der Waals surface area contributed by atoms with E-state index in [1.165, 1.54) is 0 Å². The molecule has 2 amide bonds. The second kappa shape index (κ2) is 9.09. The summed E-state index contributed by atoms with van der Waals surface area (Å²) in [6.07, 6.45) is 1.47. The molecule has 1 N–H and O–H groups in total. The maximum Gasteiger partial charge on any atom is 0.251 e. The monoisotopic (exact) mass is 458 g/mol. The highest BCUT2D eigenvalue weighted by molar-refractivity contribution is 5.96. The van der Waals surface area contributed by atoms with E-state index in [0.717, 1.165) is 35.0 Å². The van der Waals surface area contributed by atoms with Crippen molar-refractivity contribution in [3.63, 3.8) is 0 Å². The second-order valence-electron chi connectivity index (χ2n) is 8.60. The lowest BCUT2D eigenvalue weighted by atomic mass is 9.96. The van der Waals surface area contributed by atoms with Crippen molar-refractivity contribution in [1.29, 1.82) is 0 Å². The largest absolute Gasteiger partial charge is 0.343 e. The molecular formula is C25H26N6O3. The third kappa shape index (κ3) is 4.28. The van der Waals surface area contributed by atoms with Crippen molar-refractivity contribution in [1.82, 2.24) is 30.1 Å². The van der Waals surface area contributed by atoms with Gasteiger partial charge in [0, 0.05) is 42.6 Å². The number of rotatable bonds is 5. The van der Waals surface area contributed by atoms with Gasteiger partial charge >= 0.3 is 0 Å². The molecule has 2 aromatic carbocycles. The Morgan fingerprint density at radius 2 is 1.88 bits per heavy atom. The number of amides is 2. The quantitative estimate of drug-likeness (QED) is 0.493. The number of aromatic nitrogens is 4. The smallest absolute Gasteiger partial charge is 0.251 e. The summed E-state index contributed by atoms with van der Waals surface area (Å²) >= 11 is 0. The lowest BCUT2D eigenvalue weighted by molar-refractivity contribution is -0.131. The van der Waals surface area contributed by atoms with Crippen LogP contribution in [0.3, 0.4) is 0 Å². The zero-order valence-electron chi connectivity index (χ0n) is 19.2. The third-order valence-corrected chi connectivity index (χ3v) is 6.37. The molecule has 0 spiro atoms. The molecule has 1 aliphatic heterocycles. The Balaban J connectivity index is 1.17. The van der Waals surface area contributed by atoms with E-state index < -0.39 is 0 Å². The van der Waals surface area contributed by atoms with Gasteiger partial charge in [-0.25, -0.2) is 0 Å². The zero-order chi connectivity index (χ0) is 23.7. The van der Waals surface area contributed by atoms with Gasteiger partial charge in [0.2, 0.25) is 17.6 Å². The summed E-state index contributed by atoms with van der Waals surface area (Å²) < 4.78 is 7.44. The number of carbonyl (C=O) groups excluding carboxylic acids is 2. The maximum atomic E-state index is 12.6. The van der Waals surface area contributed by atoms with E-state index in [9.17, 15) is 9.59 Å². The number of carbonyl (C=O) groups is 2. The van der Waals surface area contributed by atoms with Crippen LogP contribution in [0.25, 0.3) is 22.3 Å². The van der Waals surface area contributed by atoms with Crippen LogP contribution in [-0.4, -0.2) is 56.3 Å². The first-order valence-corrected chi connectivity index (χ1v) is 11.4. The number of nitrogens with zero attached hydrogens (tertiary/aromatic N) is 5. The average molecular weight is 459 g/mol. The lowest BCUT2D eigenvalue weighted by Gasteiger charge is -2.30. The van der Waals surface area contributed by atoms with Gasteiger partial charge in [-0.3, -0.25) is 14.3 Å². The van der Waals surface area contributed by atoms with E-state index in [0.29, 0.717) is 30.4 Å². The fraction of sp³-hybridized carbons (Fsp3) is 0.320. The third-order valence-electron chi connectivity index (χ3n) is 6.37. The number of likely N-dealkylation sites (tertiary alicyclic amines) is 1. The highest BCUT2D eigenvalue weighted by atomic mass is 16.5. The predicted octanol–water partition coefficient (Wildman–Crippen LogP) is 3.07. The summed E-state index contributed by atoms with van der Waals surface area (Å²) in [5, 5.41) is 12.5. The summed E-state index contributed by atoms with van der Waals surface area (Å²) in [4.78, 5) is 31.1. The molecule has 0 atom stereocenters. The average Bonchev–Trinajstić information content (AvgIpc) is 3.47. The summed E-state index contributed by atoms with van der Waals surface area (Å²) in [6, 6.07) is 14.9. The molecule has 174 valence electrons. The van der Waals surface area contributed by atoms with Crippen molar-refractivity contribution in [2.45, 2.75) is 25.7 Å². The van der Waals surface area contributed by atoms with Crippen LogP contribution in [0, 0.1) is 6.92 Å². The summed E-state index contributed by atoms with van der Waals surface area (Å²) in [5.41, 5.74) is 3.43. The molecular weight excluding hydrogens is 432 g/mol. The number of benzene rings is 2. The highest BCUT2D eigenvalue weighted by Crippen LogP contribution is 2.30. The van der Waals surface area contributed by atoms with Crippen molar-refractivity contribution in [2.75, 3.05) is 19.6 Å². The SMILES string of the molecule is Cc1nn(C)c2cc(-c3noc(C4CCN(C(=O)CNC(=O)c5ccccc5)CC4)n3)ccc12. The van der Waals surface area contributed by atoms with E-state index >= 15 is 0 Å². The summed E-state index contributed by atoms with van der Waals surface area (Å²) in [7, 11) is 1.92. The Labute approximate surface area is 196 Å². The number of hydrogen-bond acceptors (Lipinski definition) is 6. The highest BCUT2D eigenvalue weighted by Gasteiger charge is 2.28. The predicted molar refractivity (Wildman–Crippen MR) is 126 cm³/mol. The molecule has 9 heteroatoms. The fourth-order valence-electron chi connectivity index (χ4n) is 4.43. The molecule has 9 nitrogen and oxygen atoms in total. The minimum Gasteiger partial charge on any atom is -0.343 e. The van der Waals surface area contributed by atoms with Crippen molar-refractivity contribution in [3.8, 4) is 11.4 Å². The van der Waals surface area contributed by atoms with Crippen LogP contribution in [0.1, 0.15) is 40.7 Å². The van der Waals surface area contributed by atoms with Gasteiger partial charge in [-0.2, -0.15) is 10.1 Å². The topological polar surface area (TPSA) is 106 Å². The molecule has 1 aliphatic rings. The first kappa shape index (κ1) is 21.8. The standard InChI is InChI=1S/C25H26N6O3/c1-16-20-9-8-19(14-21(20)30(2)28-16)23-27-25(34-29-23)18-10-12-31(13-11-18)22(32)15-26-24(33)17-6-4-3-5-7-17/h3-9,14,18H,10-13,15H2,1-2H3,(H,26,33). The fourth-order valence-corrected chi connectivity index (χ4v) is 4.43. The number of aryl methyl sites for hydroxylation is 2. The summed E-state index contributed by atoms with van der Waals surface area (Å²) in [6.45, 7) is 3.15. The van der Waals surface area contributed by atoms with Gasteiger partial charge in [-0.1, -0.05) is 35.5 Å². The number of fused-ring (bicyclic) bond motifs is 1. The molecule has 3 heterocycles. The number of hydrogen-bond donors (Lipinski definition) is 1. The van der Waals surface area contributed by atoms with Crippen LogP contribution in [0.2, 0.25) is 0 Å². The minimum absolute atomic E-state index is 0.0148. The Morgan fingerprint density at radius 1 is 1.12 bits per heavy atom. The molecule has 5 rings (SSSR count). The van der Waals surface area contributed by atoms with E-state index in [1.807, 2.05) is 42.9 Å². The number of nitrogens with one attached hydrogen (secondary N) is 1. The van der Waals surface area contributed by atoms with Gasteiger partial charge in [0.15, 0.2) is 0 Å². The minimum atomic E-state index is -0.248. The first-order chi connectivity index (χ1) is 16.5. The van der Waals surface area contributed by atoms with Gasteiger partial charge < -0.3 is 14.7 Å². The van der Waals surface area contributed by atoms with Crippen molar-refractivity contribution >= 4 is 22.7 Å². The van der Waals surface area contributed by atoms with E-state index in [1.54, 1.807) is 29.2 Å². The molecule has 1 fully saturated rings. The van der Waals surface area contributed by atoms with Gasteiger partial charge in [0.1, 0.15) is 0 Å². The molecule has 2 aromatic heterocycles. The van der Waals surface area contributed by atoms with Crippen LogP contribution in [0.4, 0.5) is 0 Å². The zero-order valence-corrected chi connectivity index (χ0v) is 19.2. The second-order valence-corrected chi connectivity index (χ2v) is 8.60. The van der Waals surface area contributed by atoms with Gasteiger partial charge in [-0.05, 0) is 38.0 Å². The normalized spacial score (nSPS) is 14.5. The van der Waals surface area contributed by atoms with E-state index in [4.69, 9.17) is 4.52 Å². The molecule has 34 heavy (non-hydrogen) atoms. The van der Waals surface area contributed by atoms with E-state index in [-0.39, 0.29) is 24.3 Å². The molecule has 1 saturated heterocycles. The van der Waals surface area contributed by atoms with Crippen molar-refractivity contribution in [2.24, 2.45) is 7.05 Å². The van der Waals surface area contributed by atoms with E-state index in [2.05, 4.69) is 20.6 Å². The van der Waals surface area contributed by atoms with Crippen LogP contribution < -0.4 is 5.32 Å². The molecule has 0 aliphatic carbocycles. The van der Waals surface area contributed by atoms with Crippen molar-refractivity contribution < 1.29 is 14.1 Å².